The van der Waals surface area contributed by atoms with Crippen molar-refractivity contribution in [2.24, 2.45) is 0 Å². The Hall–Kier alpha value is -2.68. The van der Waals surface area contributed by atoms with Crippen molar-refractivity contribution in [3.05, 3.63) is 47.4 Å². The van der Waals surface area contributed by atoms with Crippen LogP contribution >= 0.6 is 0 Å². The number of halogens is 4. The van der Waals surface area contributed by atoms with Gasteiger partial charge in [-0.1, -0.05) is 19.0 Å². The maximum Gasteiger partial charge on any atom is 0.417 e. The van der Waals surface area contributed by atoms with Crippen LogP contribution in [-0.4, -0.2) is 22.1 Å². The van der Waals surface area contributed by atoms with E-state index < -0.39 is 30.0 Å². The fraction of sp³-hybridized carbons (Fsp3) is 0.176. The Kier molecular flexibility index (Phi) is 4.35. The number of aryl methyl sites for hydroxylation is 1. The first-order valence-corrected chi connectivity index (χ1v) is 7.71. The largest absolute Gasteiger partial charge is 0.446 e. The number of hydrogen-bond donors (Lipinski definition) is 2. The van der Waals surface area contributed by atoms with Crippen LogP contribution in [0.1, 0.15) is 11.3 Å². The number of hydrogen-bond acceptors (Lipinski definition) is 4. The minimum Gasteiger partial charge on any atom is -0.446 e. The summed E-state index contributed by atoms with van der Waals surface area (Å²) in [5.74, 6) is -0.979. The third kappa shape index (κ3) is 2.99. The van der Waals surface area contributed by atoms with Gasteiger partial charge in [0.1, 0.15) is 5.82 Å². The zero-order chi connectivity index (χ0) is 19.2. The lowest BCUT2D eigenvalue weighted by Gasteiger charge is -2.17. The molecule has 0 fully saturated rings. The monoisotopic (exact) mass is 363 g/mol. The molecule has 3 aromatic rings. The molecule has 3 N–H and O–H groups in total. The van der Waals surface area contributed by atoms with Crippen molar-refractivity contribution in [3.8, 4) is 11.1 Å². The summed E-state index contributed by atoms with van der Waals surface area (Å²) in [5.41, 5.74) is 4.27. The molecule has 0 aliphatic heterocycles. The number of alkyl halides is 3. The summed E-state index contributed by atoms with van der Waals surface area (Å²) in [6, 6.07) is 5.95. The Morgan fingerprint density at radius 1 is 1.08 bits per heavy atom. The molecule has 0 amide bonds. The molecule has 0 spiro atoms. The van der Waals surface area contributed by atoms with Gasteiger partial charge in [0.15, 0.2) is 5.82 Å². The molecule has 0 bridgehead atoms. The van der Waals surface area contributed by atoms with Crippen molar-refractivity contribution in [1.82, 2.24) is 10.2 Å². The number of rotatable bonds is 2. The first kappa shape index (κ1) is 18.1. The van der Waals surface area contributed by atoms with Crippen LogP contribution in [0.5, 0.6) is 0 Å². The van der Waals surface area contributed by atoms with Gasteiger partial charge in [-0.15, -0.1) is 5.10 Å². The minimum absolute atomic E-state index is 0.0142. The Balaban J connectivity index is 2.37. The summed E-state index contributed by atoms with van der Waals surface area (Å²) in [4.78, 5) is 0. The second-order valence-electron chi connectivity index (χ2n) is 6.00. The summed E-state index contributed by atoms with van der Waals surface area (Å²) >= 11 is 0. The van der Waals surface area contributed by atoms with Crippen molar-refractivity contribution in [3.63, 3.8) is 0 Å². The van der Waals surface area contributed by atoms with Crippen LogP contribution < -0.4 is 11.2 Å². The van der Waals surface area contributed by atoms with E-state index in [0.29, 0.717) is 16.5 Å². The highest BCUT2D eigenvalue weighted by Crippen LogP contribution is 2.39. The predicted molar refractivity (Wildman–Crippen MR) is 92.6 cm³/mol. The number of nitrogens with two attached hydrogens (primary N) is 1. The molecular formula is C17H14BF4N3O. The van der Waals surface area contributed by atoms with Gasteiger partial charge in [0.25, 0.3) is 0 Å². The maximum absolute atomic E-state index is 14.9. The standard InChI is InChI=1S/C17H14BF4N3O/c1-8-11-7-9(3-4-10(11)16(23)25-24-8)14-12(17(20,21)22)5-6-13(15(14)19)18(2)26/h3-7,26H,1-2H3,(H2,23,25). The Morgan fingerprint density at radius 2 is 1.77 bits per heavy atom. The average molecular weight is 363 g/mol. The zero-order valence-corrected chi connectivity index (χ0v) is 13.9. The topological polar surface area (TPSA) is 72.0 Å². The fourth-order valence-electron chi connectivity index (χ4n) is 2.89. The van der Waals surface area contributed by atoms with E-state index in [0.717, 1.165) is 12.1 Å². The van der Waals surface area contributed by atoms with Crippen LogP contribution in [0.25, 0.3) is 21.9 Å². The number of anilines is 1. The second kappa shape index (κ2) is 6.24. The van der Waals surface area contributed by atoms with E-state index in [2.05, 4.69) is 10.2 Å². The Bertz CT molecular complexity index is 1010. The van der Waals surface area contributed by atoms with Gasteiger partial charge >= 0.3 is 13.1 Å². The summed E-state index contributed by atoms with van der Waals surface area (Å²) < 4.78 is 55.2. The van der Waals surface area contributed by atoms with E-state index in [1.807, 2.05) is 0 Å². The first-order chi connectivity index (χ1) is 12.1. The highest BCUT2D eigenvalue weighted by atomic mass is 19.4. The molecule has 0 saturated heterocycles. The van der Waals surface area contributed by atoms with Crippen molar-refractivity contribution >= 4 is 29.0 Å². The summed E-state index contributed by atoms with van der Waals surface area (Å²) in [7, 11) is 0. The average Bonchev–Trinajstić information content (AvgIpc) is 2.56. The number of benzene rings is 2. The second-order valence-corrected chi connectivity index (χ2v) is 6.00. The SMILES string of the molecule is CB(O)c1ccc(C(F)(F)F)c(-c2ccc3c(N)nnc(C)c3c2)c1F. The molecule has 26 heavy (non-hydrogen) atoms. The zero-order valence-electron chi connectivity index (χ0n) is 13.9. The van der Waals surface area contributed by atoms with Crippen LogP contribution in [0.3, 0.4) is 0 Å². The van der Waals surface area contributed by atoms with E-state index in [9.17, 15) is 22.6 Å². The van der Waals surface area contributed by atoms with Crippen molar-refractivity contribution < 1.29 is 22.6 Å². The van der Waals surface area contributed by atoms with E-state index >= 15 is 0 Å². The number of nitrogens with zero attached hydrogens (tertiary/aromatic N) is 2. The molecule has 0 radical (unpaired) electrons. The van der Waals surface area contributed by atoms with Crippen LogP contribution in [0.15, 0.2) is 30.3 Å². The molecule has 2 aromatic carbocycles. The van der Waals surface area contributed by atoms with Gasteiger partial charge in [-0.05, 0) is 36.1 Å². The highest BCUT2D eigenvalue weighted by molar-refractivity contribution is 6.65. The smallest absolute Gasteiger partial charge is 0.417 e. The van der Waals surface area contributed by atoms with Crippen LogP contribution in [0.2, 0.25) is 6.82 Å². The van der Waals surface area contributed by atoms with Crippen LogP contribution in [-0.2, 0) is 6.18 Å². The molecule has 0 aliphatic rings. The van der Waals surface area contributed by atoms with Crippen molar-refractivity contribution in [2.75, 3.05) is 5.73 Å². The molecule has 1 aromatic heterocycles. The molecular weight excluding hydrogens is 349 g/mol. The molecule has 134 valence electrons. The predicted octanol–water partition coefficient (Wildman–Crippen LogP) is 3.17. The molecule has 0 atom stereocenters. The molecule has 9 heteroatoms. The molecule has 0 saturated carbocycles. The number of fused-ring (bicyclic) bond motifs is 1. The summed E-state index contributed by atoms with van der Waals surface area (Å²) in [5, 5.41) is 18.3. The molecule has 0 aliphatic carbocycles. The maximum atomic E-state index is 14.9. The Morgan fingerprint density at radius 3 is 2.38 bits per heavy atom. The first-order valence-electron chi connectivity index (χ1n) is 7.71. The van der Waals surface area contributed by atoms with Crippen LogP contribution in [0, 0.1) is 12.7 Å². The van der Waals surface area contributed by atoms with Gasteiger partial charge in [-0.2, -0.15) is 18.3 Å². The highest BCUT2D eigenvalue weighted by Gasteiger charge is 2.36. The lowest BCUT2D eigenvalue weighted by atomic mass is 9.63. The van der Waals surface area contributed by atoms with Gasteiger partial charge in [0.2, 0.25) is 0 Å². The number of nitrogen functional groups attached to an aromatic ring is 1. The van der Waals surface area contributed by atoms with Crippen molar-refractivity contribution in [2.45, 2.75) is 19.9 Å². The Labute approximate surface area is 146 Å². The van der Waals surface area contributed by atoms with Crippen LogP contribution in [0.4, 0.5) is 23.4 Å². The molecule has 0 unspecified atom stereocenters. The number of aromatic nitrogens is 2. The van der Waals surface area contributed by atoms with Gasteiger partial charge in [0.05, 0.1) is 11.3 Å². The summed E-state index contributed by atoms with van der Waals surface area (Å²) in [6.45, 7) is 1.67. The van der Waals surface area contributed by atoms with Gasteiger partial charge in [-0.25, -0.2) is 4.39 Å². The lowest BCUT2D eigenvalue weighted by Crippen LogP contribution is -2.31. The third-order valence-electron chi connectivity index (χ3n) is 4.21. The normalized spacial score (nSPS) is 11.8. The van der Waals surface area contributed by atoms with Gasteiger partial charge in [0, 0.05) is 16.3 Å². The van der Waals surface area contributed by atoms with E-state index in [-0.39, 0.29) is 16.8 Å². The quantitative estimate of drug-likeness (QED) is 0.542. The van der Waals surface area contributed by atoms with Gasteiger partial charge in [-0.3, -0.25) is 0 Å². The van der Waals surface area contributed by atoms with E-state index in [1.54, 1.807) is 6.92 Å². The summed E-state index contributed by atoms with van der Waals surface area (Å²) in [6.07, 6.45) is -4.76. The molecule has 1 heterocycles. The fourth-order valence-corrected chi connectivity index (χ4v) is 2.89. The van der Waals surface area contributed by atoms with Crippen molar-refractivity contribution in [1.29, 1.82) is 0 Å². The van der Waals surface area contributed by atoms with Gasteiger partial charge < -0.3 is 10.8 Å². The lowest BCUT2D eigenvalue weighted by molar-refractivity contribution is -0.137. The molecule has 4 nitrogen and oxygen atoms in total. The van der Waals surface area contributed by atoms with E-state index in [1.165, 1.54) is 25.0 Å². The minimum atomic E-state index is -4.76. The molecule has 3 rings (SSSR count). The van der Waals surface area contributed by atoms with E-state index in [4.69, 9.17) is 5.73 Å². The third-order valence-corrected chi connectivity index (χ3v) is 4.21.